The number of pyridine rings is 1. The van der Waals surface area contributed by atoms with Gasteiger partial charge in [0.2, 0.25) is 5.91 Å². The van der Waals surface area contributed by atoms with Gasteiger partial charge in [-0.15, -0.1) is 0 Å². The molecule has 3 heteroatoms. The lowest BCUT2D eigenvalue weighted by Crippen LogP contribution is -2.41. The van der Waals surface area contributed by atoms with E-state index in [1.54, 1.807) is 6.20 Å². The Bertz CT molecular complexity index is 389. The van der Waals surface area contributed by atoms with E-state index in [4.69, 9.17) is 5.73 Å². The number of hydrogen-bond acceptors (Lipinski definition) is 2. The zero-order valence-electron chi connectivity index (χ0n) is 11.8. The van der Waals surface area contributed by atoms with Crippen LogP contribution in [-0.4, -0.2) is 10.9 Å². The van der Waals surface area contributed by atoms with E-state index in [-0.39, 0.29) is 11.8 Å². The summed E-state index contributed by atoms with van der Waals surface area (Å²) in [5, 5.41) is 0. The van der Waals surface area contributed by atoms with Gasteiger partial charge in [0.25, 0.3) is 0 Å². The maximum Gasteiger partial charge on any atom is 0.224 e. The van der Waals surface area contributed by atoms with Gasteiger partial charge < -0.3 is 5.73 Å². The molecule has 0 saturated carbocycles. The summed E-state index contributed by atoms with van der Waals surface area (Å²) in [6.07, 6.45) is 3.43. The minimum absolute atomic E-state index is 0.0820. The molecule has 1 heterocycles. The van der Waals surface area contributed by atoms with Crippen LogP contribution in [0.15, 0.2) is 24.4 Å². The van der Waals surface area contributed by atoms with Gasteiger partial charge in [0, 0.05) is 17.8 Å². The minimum atomic E-state index is -0.530. The molecule has 1 unspecified atom stereocenters. The van der Waals surface area contributed by atoms with Crippen LogP contribution in [0.5, 0.6) is 0 Å². The second-order valence-electron chi connectivity index (χ2n) is 5.60. The molecule has 3 nitrogen and oxygen atoms in total. The van der Waals surface area contributed by atoms with E-state index in [1.807, 2.05) is 25.1 Å². The normalized spacial score (nSPS) is 16.3. The van der Waals surface area contributed by atoms with E-state index in [9.17, 15) is 4.79 Å². The quantitative estimate of drug-likeness (QED) is 0.841. The Balaban J connectivity index is 3.13. The van der Waals surface area contributed by atoms with Crippen molar-refractivity contribution in [1.82, 2.24) is 4.98 Å². The first-order chi connectivity index (χ1) is 8.41. The zero-order chi connectivity index (χ0) is 13.8. The lowest BCUT2D eigenvalue weighted by molar-refractivity contribution is -0.129. The third-order valence-corrected chi connectivity index (χ3v) is 3.62. The number of carbonyl (C=O) groups excluding carboxylic acids is 1. The monoisotopic (exact) mass is 248 g/mol. The van der Waals surface area contributed by atoms with Gasteiger partial charge in [0.05, 0.1) is 5.41 Å². The van der Waals surface area contributed by atoms with Crippen LogP contribution in [0.1, 0.15) is 52.1 Å². The largest absolute Gasteiger partial charge is 0.369 e. The summed E-state index contributed by atoms with van der Waals surface area (Å²) in [5.41, 5.74) is 6.10. The van der Waals surface area contributed by atoms with E-state index >= 15 is 0 Å². The van der Waals surface area contributed by atoms with E-state index < -0.39 is 5.41 Å². The van der Waals surface area contributed by atoms with Crippen LogP contribution in [0.4, 0.5) is 0 Å². The fourth-order valence-corrected chi connectivity index (χ4v) is 2.83. The second kappa shape index (κ2) is 5.98. The first-order valence-corrected chi connectivity index (χ1v) is 6.62. The number of aromatic nitrogens is 1. The average molecular weight is 248 g/mol. The molecule has 1 aromatic heterocycles. The van der Waals surface area contributed by atoms with E-state index in [2.05, 4.69) is 25.8 Å². The van der Waals surface area contributed by atoms with Crippen molar-refractivity contribution in [2.75, 3.05) is 0 Å². The fourth-order valence-electron chi connectivity index (χ4n) is 2.83. The smallest absolute Gasteiger partial charge is 0.224 e. The molecule has 0 aliphatic heterocycles. The number of primary amides is 1. The Labute approximate surface area is 110 Å². The van der Waals surface area contributed by atoms with Gasteiger partial charge in [-0.05, 0) is 30.9 Å². The van der Waals surface area contributed by atoms with Gasteiger partial charge >= 0.3 is 0 Å². The first-order valence-electron chi connectivity index (χ1n) is 6.62. The lowest BCUT2D eigenvalue weighted by atomic mass is 9.68. The maximum absolute atomic E-state index is 11.9. The van der Waals surface area contributed by atoms with Crippen LogP contribution in [0, 0.1) is 11.3 Å². The summed E-state index contributed by atoms with van der Waals surface area (Å²) in [7, 11) is 0. The maximum atomic E-state index is 11.9. The zero-order valence-corrected chi connectivity index (χ0v) is 11.8. The predicted octanol–water partition coefficient (Wildman–Crippen LogP) is 3.11. The van der Waals surface area contributed by atoms with Crippen LogP contribution in [0.25, 0.3) is 0 Å². The highest BCUT2D eigenvalue weighted by atomic mass is 16.1. The molecule has 1 aromatic rings. The molecule has 0 bridgehead atoms. The topological polar surface area (TPSA) is 56.0 Å². The Kier molecular flexibility index (Phi) is 4.88. The van der Waals surface area contributed by atoms with Gasteiger partial charge in [-0.3, -0.25) is 9.78 Å². The van der Waals surface area contributed by atoms with Crippen LogP contribution in [0.3, 0.4) is 0 Å². The van der Waals surface area contributed by atoms with Crippen molar-refractivity contribution in [1.29, 1.82) is 0 Å². The van der Waals surface area contributed by atoms with Crippen LogP contribution >= 0.6 is 0 Å². The Morgan fingerprint density at radius 2 is 2.11 bits per heavy atom. The molecule has 0 fully saturated rings. The predicted molar refractivity (Wildman–Crippen MR) is 74.0 cm³/mol. The molecule has 0 spiro atoms. The van der Waals surface area contributed by atoms with Crippen molar-refractivity contribution in [2.24, 2.45) is 17.1 Å². The SMILES string of the molecule is CCC(c1ccccn1)[C@](C)(CC(C)C)C(N)=O. The molecule has 1 amide bonds. The fraction of sp³-hybridized carbons (Fsp3) is 0.600. The molecule has 0 radical (unpaired) electrons. The van der Waals surface area contributed by atoms with Crippen LogP contribution in [-0.2, 0) is 4.79 Å². The highest BCUT2D eigenvalue weighted by molar-refractivity contribution is 5.81. The molecule has 18 heavy (non-hydrogen) atoms. The Hall–Kier alpha value is -1.38. The van der Waals surface area contributed by atoms with Gasteiger partial charge in [0.15, 0.2) is 0 Å². The molecule has 2 atom stereocenters. The highest BCUT2D eigenvalue weighted by Gasteiger charge is 2.40. The van der Waals surface area contributed by atoms with Gasteiger partial charge in [-0.1, -0.05) is 33.8 Å². The average Bonchev–Trinajstić information content (AvgIpc) is 2.30. The van der Waals surface area contributed by atoms with Gasteiger partial charge in [-0.25, -0.2) is 0 Å². The van der Waals surface area contributed by atoms with Crippen molar-refractivity contribution in [2.45, 2.75) is 46.5 Å². The van der Waals surface area contributed by atoms with Crippen molar-refractivity contribution in [3.63, 3.8) is 0 Å². The summed E-state index contributed by atoms with van der Waals surface area (Å²) in [6.45, 7) is 8.29. The standard InChI is InChI=1S/C15H24N2O/c1-5-12(13-8-6-7-9-17-13)15(4,14(16)18)10-11(2)3/h6-9,11-12H,5,10H2,1-4H3,(H2,16,18)/t12?,15-/m0/s1. The third kappa shape index (κ3) is 3.09. The van der Waals surface area contributed by atoms with Crippen molar-refractivity contribution in [3.8, 4) is 0 Å². The molecule has 0 aliphatic carbocycles. The summed E-state index contributed by atoms with van der Waals surface area (Å²) in [6, 6.07) is 5.83. The number of carbonyl (C=O) groups is 1. The van der Waals surface area contributed by atoms with Crippen molar-refractivity contribution < 1.29 is 4.79 Å². The molecule has 0 aromatic carbocycles. The lowest BCUT2D eigenvalue weighted by Gasteiger charge is -2.35. The summed E-state index contributed by atoms with van der Waals surface area (Å²) < 4.78 is 0. The van der Waals surface area contributed by atoms with E-state index in [1.165, 1.54) is 0 Å². The molecular weight excluding hydrogens is 224 g/mol. The van der Waals surface area contributed by atoms with Crippen LogP contribution < -0.4 is 5.73 Å². The Morgan fingerprint density at radius 3 is 2.50 bits per heavy atom. The highest BCUT2D eigenvalue weighted by Crippen LogP contribution is 2.42. The van der Waals surface area contributed by atoms with Crippen LogP contribution in [0.2, 0.25) is 0 Å². The molecule has 0 aliphatic rings. The van der Waals surface area contributed by atoms with Gasteiger partial charge in [-0.2, -0.15) is 0 Å². The molecule has 2 N–H and O–H groups in total. The minimum Gasteiger partial charge on any atom is -0.369 e. The van der Waals surface area contributed by atoms with E-state index in [0.717, 1.165) is 18.5 Å². The number of rotatable bonds is 6. The molecule has 1 rings (SSSR count). The second-order valence-corrected chi connectivity index (χ2v) is 5.60. The molecule has 100 valence electrons. The molecular formula is C15H24N2O. The Morgan fingerprint density at radius 1 is 1.44 bits per heavy atom. The third-order valence-electron chi connectivity index (χ3n) is 3.62. The summed E-state index contributed by atoms with van der Waals surface area (Å²) in [5.74, 6) is 0.285. The van der Waals surface area contributed by atoms with Gasteiger partial charge in [0.1, 0.15) is 0 Å². The molecule has 0 saturated heterocycles. The van der Waals surface area contributed by atoms with E-state index in [0.29, 0.717) is 5.92 Å². The van der Waals surface area contributed by atoms with Crippen molar-refractivity contribution in [3.05, 3.63) is 30.1 Å². The first kappa shape index (κ1) is 14.7. The van der Waals surface area contributed by atoms with Crippen molar-refractivity contribution >= 4 is 5.91 Å². The number of hydrogen-bond donors (Lipinski definition) is 1. The number of amides is 1. The number of nitrogens with zero attached hydrogens (tertiary/aromatic N) is 1. The number of nitrogens with two attached hydrogens (primary N) is 1. The summed E-state index contributed by atoms with van der Waals surface area (Å²) >= 11 is 0. The summed E-state index contributed by atoms with van der Waals surface area (Å²) in [4.78, 5) is 16.3.